The van der Waals surface area contributed by atoms with E-state index in [0.29, 0.717) is 24.7 Å². The summed E-state index contributed by atoms with van der Waals surface area (Å²) in [6.07, 6.45) is 4.00. The Balaban J connectivity index is 2.32. The molecule has 0 spiro atoms. The van der Waals surface area contributed by atoms with Gasteiger partial charge in [0, 0.05) is 18.8 Å². The first kappa shape index (κ1) is 11.8. The van der Waals surface area contributed by atoms with E-state index in [0.717, 1.165) is 24.8 Å². The minimum Gasteiger partial charge on any atom is -0.389 e. The summed E-state index contributed by atoms with van der Waals surface area (Å²) in [5.41, 5.74) is 0.243. The molecule has 0 aromatic carbocycles. The molecule has 2 nitrogen and oxygen atoms in total. The van der Waals surface area contributed by atoms with E-state index in [1.54, 1.807) is 0 Å². The van der Waals surface area contributed by atoms with Crippen LogP contribution in [0, 0.1) is 17.8 Å². The molecule has 1 N–H and O–H groups in total. The van der Waals surface area contributed by atoms with Crippen LogP contribution in [0.25, 0.3) is 0 Å². The summed E-state index contributed by atoms with van der Waals surface area (Å²) in [5.74, 6) is 1.17. The van der Waals surface area contributed by atoms with Crippen molar-refractivity contribution in [1.29, 1.82) is 0 Å². The number of hydrogen-bond donors (Lipinski definition) is 1. The molecule has 0 aromatic rings. The first-order chi connectivity index (χ1) is 7.45. The molecule has 2 saturated carbocycles. The van der Waals surface area contributed by atoms with Gasteiger partial charge in [0.05, 0.1) is 5.60 Å². The monoisotopic (exact) mass is 222 g/mol. The lowest BCUT2D eigenvalue weighted by atomic mass is 9.57. The summed E-state index contributed by atoms with van der Waals surface area (Å²) in [6.45, 7) is 8.18. The molecule has 2 aliphatic rings. The van der Waals surface area contributed by atoms with E-state index in [4.69, 9.17) is 0 Å². The lowest BCUT2D eigenvalue weighted by molar-refractivity contribution is -0.151. The number of hydrogen-bond acceptors (Lipinski definition) is 2. The fourth-order valence-electron chi connectivity index (χ4n) is 3.81. The van der Waals surface area contributed by atoms with Crippen LogP contribution in [0.5, 0.6) is 0 Å². The van der Waals surface area contributed by atoms with Gasteiger partial charge < -0.3 is 5.11 Å². The Kier molecular flexibility index (Phi) is 2.95. The molecular formula is C14H22O2. The third-order valence-electron chi connectivity index (χ3n) is 4.65. The predicted molar refractivity (Wildman–Crippen MR) is 64.0 cm³/mol. The second kappa shape index (κ2) is 3.99. The molecule has 2 heteroatoms. The largest absolute Gasteiger partial charge is 0.389 e. The zero-order chi connectivity index (χ0) is 11.9. The zero-order valence-corrected chi connectivity index (χ0v) is 10.3. The molecule has 2 aliphatic carbocycles. The quantitative estimate of drug-likeness (QED) is 0.693. The molecule has 90 valence electrons. The molecule has 0 unspecified atom stereocenters. The highest BCUT2D eigenvalue weighted by Crippen LogP contribution is 2.50. The average Bonchev–Trinajstić information content (AvgIpc) is 2.15. The summed E-state index contributed by atoms with van der Waals surface area (Å²) in [7, 11) is 0. The molecule has 0 radical (unpaired) electrons. The molecule has 16 heavy (non-hydrogen) atoms. The fourth-order valence-corrected chi connectivity index (χ4v) is 3.81. The normalized spacial score (nSPS) is 43.9. The van der Waals surface area contributed by atoms with Crippen molar-refractivity contribution in [1.82, 2.24) is 0 Å². The number of carbonyl (C=O) groups excluding carboxylic acids is 1. The lowest BCUT2D eigenvalue weighted by Crippen LogP contribution is -2.54. The summed E-state index contributed by atoms with van der Waals surface area (Å²) < 4.78 is 0. The van der Waals surface area contributed by atoms with E-state index in [9.17, 15) is 9.90 Å². The van der Waals surface area contributed by atoms with Gasteiger partial charge in [-0.2, -0.15) is 0 Å². The SMILES string of the molecule is C=C(C)[C@@H]1CC[C@@H](C)[C@@H]2CCC(=O)C[C@@]12O. The average molecular weight is 222 g/mol. The van der Waals surface area contributed by atoms with Crippen molar-refractivity contribution in [3.63, 3.8) is 0 Å². The van der Waals surface area contributed by atoms with Crippen molar-refractivity contribution in [3.8, 4) is 0 Å². The number of carbonyl (C=O) groups is 1. The lowest BCUT2D eigenvalue weighted by Gasteiger charge is -2.51. The molecule has 2 fully saturated rings. The molecule has 0 aliphatic heterocycles. The summed E-state index contributed by atoms with van der Waals surface area (Å²) in [6, 6.07) is 0. The van der Waals surface area contributed by atoms with Crippen LogP contribution in [0.15, 0.2) is 12.2 Å². The second-order valence-electron chi connectivity index (χ2n) is 5.81. The number of ketones is 1. The standard InChI is InChI=1S/C14H22O2/c1-9(2)12-6-4-10(3)13-7-5-11(15)8-14(12,13)16/h10,12-13,16H,1,4-8H2,2-3H3/t10-,12+,13+,14-/m1/s1. The first-order valence-electron chi connectivity index (χ1n) is 6.34. The van der Waals surface area contributed by atoms with Crippen LogP contribution in [0.1, 0.15) is 46.0 Å². The van der Waals surface area contributed by atoms with E-state index < -0.39 is 5.60 Å². The van der Waals surface area contributed by atoms with Gasteiger partial charge >= 0.3 is 0 Å². The summed E-state index contributed by atoms with van der Waals surface area (Å²) >= 11 is 0. The fraction of sp³-hybridized carbons (Fsp3) is 0.786. The van der Waals surface area contributed by atoms with E-state index in [1.807, 2.05) is 6.92 Å². The van der Waals surface area contributed by atoms with Crippen molar-refractivity contribution in [2.24, 2.45) is 17.8 Å². The highest BCUT2D eigenvalue weighted by molar-refractivity contribution is 5.80. The Hall–Kier alpha value is -0.630. The van der Waals surface area contributed by atoms with Gasteiger partial charge in [-0.05, 0) is 38.0 Å². The molecule has 0 bridgehead atoms. The summed E-state index contributed by atoms with van der Waals surface area (Å²) in [4.78, 5) is 11.6. The van der Waals surface area contributed by atoms with Gasteiger partial charge in [-0.15, -0.1) is 0 Å². The minimum atomic E-state index is -0.793. The van der Waals surface area contributed by atoms with Crippen molar-refractivity contribution in [2.45, 2.75) is 51.6 Å². The zero-order valence-electron chi connectivity index (χ0n) is 10.3. The highest BCUT2D eigenvalue weighted by atomic mass is 16.3. The van der Waals surface area contributed by atoms with Crippen LogP contribution < -0.4 is 0 Å². The maximum Gasteiger partial charge on any atom is 0.135 e. The molecule has 0 amide bonds. The maximum atomic E-state index is 11.6. The maximum absolute atomic E-state index is 11.6. The van der Waals surface area contributed by atoms with Gasteiger partial charge in [-0.3, -0.25) is 4.79 Å². The topological polar surface area (TPSA) is 37.3 Å². The molecule has 0 heterocycles. The van der Waals surface area contributed by atoms with Crippen LogP contribution in [-0.4, -0.2) is 16.5 Å². The Labute approximate surface area is 97.7 Å². The third kappa shape index (κ3) is 1.73. The van der Waals surface area contributed by atoms with Crippen molar-refractivity contribution in [3.05, 3.63) is 12.2 Å². The molecule has 0 aromatic heterocycles. The van der Waals surface area contributed by atoms with E-state index in [-0.39, 0.29) is 11.7 Å². The van der Waals surface area contributed by atoms with Crippen LogP contribution in [0.3, 0.4) is 0 Å². The van der Waals surface area contributed by atoms with Gasteiger partial charge in [0.25, 0.3) is 0 Å². The van der Waals surface area contributed by atoms with E-state index in [1.165, 1.54) is 0 Å². The second-order valence-corrected chi connectivity index (χ2v) is 5.81. The summed E-state index contributed by atoms with van der Waals surface area (Å²) in [5, 5.41) is 10.9. The van der Waals surface area contributed by atoms with E-state index >= 15 is 0 Å². The minimum absolute atomic E-state index is 0.123. The van der Waals surface area contributed by atoms with Crippen molar-refractivity contribution in [2.75, 3.05) is 0 Å². The van der Waals surface area contributed by atoms with Crippen LogP contribution in [-0.2, 0) is 4.79 Å². The first-order valence-corrected chi connectivity index (χ1v) is 6.34. The number of aliphatic hydroxyl groups is 1. The molecular weight excluding hydrogens is 200 g/mol. The number of fused-ring (bicyclic) bond motifs is 1. The van der Waals surface area contributed by atoms with E-state index in [2.05, 4.69) is 13.5 Å². The van der Waals surface area contributed by atoms with Crippen LogP contribution in [0.2, 0.25) is 0 Å². The van der Waals surface area contributed by atoms with Crippen molar-refractivity contribution >= 4 is 5.78 Å². The third-order valence-corrected chi connectivity index (χ3v) is 4.65. The Morgan fingerprint density at radius 3 is 2.75 bits per heavy atom. The van der Waals surface area contributed by atoms with Gasteiger partial charge in [0.1, 0.15) is 5.78 Å². The van der Waals surface area contributed by atoms with Crippen LogP contribution >= 0.6 is 0 Å². The Morgan fingerprint density at radius 1 is 1.44 bits per heavy atom. The number of Topliss-reactive ketones (excluding diaryl/α,β-unsaturated/α-hetero) is 1. The van der Waals surface area contributed by atoms with Gasteiger partial charge in [0.2, 0.25) is 0 Å². The van der Waals surface area contributed by atoms with Gasteiger partial charge in [0.15, 0.2) is 0 Å². The van der Waals surface area contributed by atoms with Crippen LogP contribution in [0.4, 0.5) is 0 Å². The molecule has 4 atom stereocenters. The Morgan fingerprint density at radius 2 is 2.12 bits per heavy atom. The van der Waals surface area contributed by atoms with Gasteiger partial charge in [-0.25, -0.2) is 0 Å². The number of rotatable bonds is 1. The molecule has 2 rings (SSSR count). The highest BCUT2D eigenvalue weighted by Gasteiger charge is 2.52. The molecule has 0 saturated heterocycles. The Bertz CT molecular complexity index is 321. The predicted octanol–water partition coefficient (Wildman–Crippen LogP) is 2.71. The van der Waals surface area contributed by atoms with Crippen molar-refractivity contribution < 1.29 is 9.90 Å². The smallest absolute Gasteiger partial charge is 0.135 e. The van der Waals surface area contributed by atoms with Gasteiger partial charge in [-0.1, -0.05) is 19.1 Å².